The van der Waals surface area contributed by atoms with Crippen LogP contribution in [0.1, 0.15) is 43.9 Å². The summed E-state index contributed by atoms with van der Waals surface area (Å²) in [5, 5.41) is 20.3. The highest BCUT2D eigenvalue weighted by Crippen LogP contribution is 2.38. The summed E-state index contributed by atoms with van der Waals surface area (Å²) in [6, 6.07) is 22.2. The highest BCUT2D eigenvalue weighted by atomic mass is 16.3. The molecular weight excluding hydrogens is 346 g/mol. The number of hydrogen-bond donors (Lipinski definition) is 1. The van der Waals surface area contributed by atoms with Crippen LogP contribution in [-0.4, -0.2) is 20.1 Å². The van der Waals surface area contributed by atoms with E-state index in [2.05, 4.69) is 61.3 Å². The Labute approximate surface area is 165 Å². The standard InChI is InChI=1S/C24H25N3O/c1-4-24(2,3)19-15-18(14-17-10-6-5-7-11-17)16-22(23(19)28)27-25-20-12-8-9-13-21(20)26-27/h5-13,15-16,28H,4,14H2,1-3H3. The molecule has 4 nitrogen and oxygen atoms in total. The van der Waals surface area contributed by atoms with Crippen molar-refractivity contribution in [3.8, 4) is 11.4 Å². The first-order chi connectivity index (χ1) is 13.5. The first kappa shape index (κ1) is 18.2. The third-order valence-electron chi connectivity index (χ3n) is 5.52. The molecule has 0 radical (unpaired) electrons. The lowest BCUT2D eigenvalue weighted by atomic mass is 9.80. The third kappa shape index (κ3) is 3.38. The van der Waals surface area contributed by atoms with Crippen LogP contribution < -0.4 is 0 Å². The molecule has 0 aliphatic heterocycles. The highest BCUT2D eigenvalue weighted by Gasteiger charge is 2.25. The maximum Gasteiger partial charge on any atom is 0.146 e. The maximum atomic E-state index is 11.1. The molecule has 1 heterocycles. The maximum absolute atomic E-state index is 11.1. The number of phenols is 1. The summed E-state index contributed by atoms with van der Waals surface area (Å²) in [6.45, 7) is 6.46. The van der Waals surface area contributed by atoms with Crippen molar-refractivity contribution in [2.75, 3.05) is 0 Å². The molecule has 28 heavy (non-hydrogen) atoms. The highest BCUT2D eigenvalue weighted by molar-refractivity contribution is 5.73. The summed E-state index contributed by atoms with van der Waals surface area (Å²) in [5.74, 6) is 0.254. The molecule has 0 amide bonds. The van der Waals surface area contributed by atoms with Gasteiger partial charge < -0.3 is 5.11 Å². The first-order valence-electron chi connectivity index (χ1n) is 9.70. The lowest BCUT2D eigenvalue weighted by Gasteiger charge is -2.26. The fraction of sp³-hybridized carbons (Fsp3) is 0.250. The van der Waals surface area contributed by atoms with Gasteiger partial charge in [0.1, 0.15) is 22.5 Å². The van der Waals surface area contributed by atoms with Crippen LogP contribution in [0.5, 0.6) is 5.75 Å². The molecule has 1 N–H and O–H groups in total. The van der Waals surface area contributed by atoms with E-state index >= 15 is 0 Å². The van der Waals surface area contributed by atoms with Gasteiger partial charge in [-0.2, -0.15) is 0 Å². The van der Waals surface area contributed by atoms with Crippen molar-refractivity contribution in [2.45, 2.75) is 39.0 Å². The quantitative estimate of drug-likeness (QED) is 0.511. The third-order valence-corrected chi connectivity index (χ3v) is 5.52. The SMILES string of the molecule is CCC(C)(C)c1cc(Cc2ccccc2)cc(-n2nc3ccccc3n2)c1O. The lowest BCUT2D eigenvalue weighted by molar-refractivity contribution is 0.423. The molecule has 0 atom stereocenters. The molecule has 0 saturated heterocycles. The summed E-state index contributed by atoms with van der Waals surface area (Å²) < 4.78 is 0. The largest absolute Gasteiger partial charge is 0.505 e. The predicted molar refractivity (Wildman–Crippen MR) is 113 cm³/mol. The molecule has 4 aromatic rings. The van der Waals surface area contributed by atoms with E-state index < -0.39 is 0 Å². The van der Waals surface area contributed by atoms with Crippen molar-refractivity contribution in [3.63, 3.8) is 0 Å². The molecule has 0 bridgehead atoms. The minimum Gasteiger partial charge on any atom is -0.505 e. The van der Waals surface area contributed by atoms with Crippen molar-refractivity contribution in [2.24, 2.45) is 0 Å². The summed E-state index contributed by atoms with van der Waals surface area (Å²) >= 11 is 0. The Bertz CT molecular complexity index is 1080. The molecule has 4 heteroatoms. The number of hydrogen-bond acceptors (Lipinski definition) is 3. The van der Waals surface area contributed by atoms with Crippen LogP contribution in [0.2, 0.25) is 0 Å². The summed E-state index contributed by atoms with van der Waals surface area (Å²) in [7, 11) is 0. The summed E-state index contributed by atoms with van der Waals surface area (Å²) in [4.78, 5) is 1.56. The molecular formula is C24H25N3O. The monoisotopic (exact) mass is 371 g/mol. The molecule has 0 aliphatic carbocycles. The van der Waals surface area contributed by atoms with E-state index in [1.165, 1.54) is 5.56 Å². The van der Waals surface area contributed by atoms with Crippen molar-refractivity contribution in [1.29, 1.82) is 0 Å². The van der Waals surface area contributed by atoms with Gasteiger partial charge >= 0.3 is 0 Å². The van der Waals surface area contributed by atoms with Gasteiger partial charge in [0.2, 0.25) is 0 Å². The van der Waals surface area contributed by atoms with Gasteiger partial charge in [-0.05, 0) is 47.6 Å². The molecule has 0 aliphatic rings. The Kier molecular flexibility index (Phi) is 4.63. The zero-order valence-electron chi connectivity index (χ0n) is 16.6. The van der Waals surface area contributed by atoms with E-state index in [1.54, 1.807) is 4.80 Å². The van der Waals surface area contributed by atoms with E-state index in [4.69, 9.17) is 0 Å². The smallest absolute Gasteiger partial charge is 0.146 e. The Morgan fingerprint density at radius 2 is 1.46 bits per heavy atom. The van der Waals surface area contributed by atoms with Crippen LogP contribution in [0.25, 0.3) is 16.7 Å². The molecule has 3 aromatic carbocycles. The summed E-state index contributed by atoms with van der Waals surface area (Å²) in [6.07, 6.45) is 1.71. The van der Waals surface area contributed by atoms with Crippen molar-refractivity contribution < 1.29 is 5.11 Å². The zero-order chi connectivity index (χ0) is 19.7. The van der Waals surface area contributed by atoms with E-state index in [1.807, 2.05) is 36.4 Å². The average Bonchev–Trinajstić information content (AvgIpc) is 3.14. The van der Waals surface area contributed by atoms with Crippen LogP contribution in [-0.2, 0) is 11.8 Å². The molecule has 0 spiro atoms. The minimum absolute atomic E-state index is 0.155. The normalized spacial score (nSPS) is 11.8. The van der Waals surface area contributed by atoms with Crippen LogP contribution >= 0.6 is 0 Å². The van der Waals surface area contributed by atoms with Crippen LogP contribution in [0.3, 0.4) is 0 Å². The first-order valence-corrected chi connectivity index (χ1v) is 9.70. The fourth-order valence-electron chi connectivity index (χ4n) is 3.44. The molecule has 0 saturated carbocycles. The van der Waals surface area contributed by atoms with E-state index in [9.17, 15) is 5.11 Å². The van der Waals surface area contributed by atoms with Gasteiger partial charge in [-0.3, -0.25) is 0 Å². The second kappa shape index (κ2) is 7.12. The average molecular weight is 371 g/mol. The van der Waals surface area contributed by atoms with Gasteiger partial charge in [-0.15, -0.1) is 15.0 Å². The van der Waals surface area contributed by atoms with Gasteiger partial charge in [-0.25, -0.2) is 0 Å². The number of aromatic nitrogens is 3. The lowest BCUT2D eigenvalue weighted by Crippen LogP contribution is -2.17. The van der Waals surface area contributed by atoms with Gasteiger partial charge in [0.15, 0.2) is 0 Å². The van der Waals surface area contributed by atoms with Gasteiger partial charge in [0.25, 0.3) is 0 Å². The number of fused-ring (bicyclic) bond motifs is 1. The number of aromatic hydroxyl groups is 1. The predicted octanol–water partition coefficient (Wildman–Crippen LogP) is 5.40. The summed E-state index contributed by atoms with van der Waals surface area (Å²) in [5.41, 5.74) is 5.40. The van der Waals surface area contributed by atoms with Crippen molar-refractivity contribution in [1.82, 2.24) is 15.0 Å². The van der Waals surface area contributed by atoms with Gasteiger partial charge in [-0.1, -0.05) is 69.3 Å². The number of nitrogens with zero attached hydrogens (tertiary/aromatic N) is 3. The van der Waals surface area contributed by atoms with E-state index in [-0.39, 0.29) is 11.2 Å². The molecule has 0 unspecified atom stereocenters. The van der Waals surface area contributed by atoms with Crippen molar-refractivity contribution in [3.05, 3.63) is 83.4 Å². The number of phenolic OH excluding ortho intramolecular Hbond substituents is 1. The van der Waals surface area contributed by atoms with Crippen LogP contribution in [0.15, 0.2) is 66.7 Å². The van der Waals surface area contributed by atoms with Crippen LogP contribution in [0.4, 0.5) is 0 Å². The minimum atomic E-state index is -0.155. The fourth-order valence-corrected chi connectivity index (χ4v) is 3.44. The number of benzene rings is 3. The molecule has 142 valence electrons. The zero-order valence-corrected chi connectivity index (χ0v) is 16.6. The Hall–Kier alpha value is -3.14. The topological polar surface area (TPSA) is 50.9 Å². The van der Waals surface area contributed by atoms with Gasteiger partial charge in [0.05, 0.1) is 0 Å². The van der Waals surface area contributed by atoms with Crippen LogP contribution in [0, 0.1) is 0 Å². The Balaban J connectivity index is 1.88. The van der Waals surface area contributed by atoms with E-state index in [0.29, 0.717) is 5.69 Å². The molecule has 1 aromatic heterocycles. The Morgan fingerprint density at radius 1 is 0.857 bits per heavy atom. The molecule has 4 rings (SSSR count). The van der Waals surface area contributed by atoms with E-state index in [0.717, 1.165) is 35.0 Å². The molecule has 0 fully saturated rings. The second-order valence-electron chi connectivity index (χ2n) is 7.89. The van der Waals surface area contributed by atoms with Crippen molar-refractivity contribution >= 4 is 11.0 Å². The number of rotatable bonds is 5. The Morgan fingerprint density at radius 3 is 2.07 bits per heavy atom. The second-order valence-corrected chi connectivity index (χ2v) is 7.89. The van der Waals surface area contributed by atoms with Gasteiger partial charge in [0, 0.05) is 5.56 Å².